The van der Waals surface area contributed by atoms with Crippen molar-refractivity contribution in [3.8, 4) is 0 Å². The predicted molar refractivity (Wildman–Crippen MR) is 83.6 cm³/mol. The van der Waals surface area contributed by atoms with Crippen molar-refractivity contribution >= 4 is 17.0 Å². The number of oxazole rings is 1. The number of aromatic nitrogens is 1. The molecule has 4 heteroatoms. The minimum atomic E-state index is 0.0528. The Morgan fingerprint density at radius 3 is 2.86 bits per heavy atom. The number of hydrogen-bond donors (Lipinski definition) is 0. The summed E-state index contributed by atoms with van der Waals surface area (Å²) < 4.78 is 5.46. The Balaban J connectivity index is 1.63. The first-order valence-electron chi connectivity index (χ1n) is 7.44. The normalized spacial score (nSPS) is 14.1. The number of fused-ring (bicyclic) bond motifs is 2. The van der Waals surface area contributed by atoms with Gasteiger partial charge in [-0.3, -0.25) is 4.79 Å². The van der Waals surface area contributed by atoms with E-state index in [9.17, 15) is 4.79 Å². The van der Waals surface area contributed by atoms with Crippen LogP contribution in [0.1, 0.15) is 27.4 Å². The summed E-state index contributed by atoms with van der Waals surface area (Å²) in [5.74, 6) is 0.670. The van der Waals surface area contributed by atoms with E-state index in [1.165, 1.54) is 11.1 Å². The lowest BCUT2D eigenvalue weighted by Crippen LogP contribution is -2.35. The lowest BCUT2D eigenvalue weighted by Gasteiger charge is -2.28. The van der Waals surface area contributed by atoms with E-state index in [2.05, 4.69) is 23.2 Å². The summed E-state index contributed by atoms with van der Waals surface area (Å²) in [7, 11) is 0. The second kappa shape index (κ2) is 4.98. The molecule has 1 aliphatic rings. The molecular weight excluding hydrogens is 276 g/mol. The van der Waals surface area contributed by atoms with Crippen molar-refractivity contribution < 1.29 is 9.21 Å². The van der Waals surface area contributed by atoms with Crippen LogP contribution in [0.15, 0.2) is 46.9 Å². The molecule has 0 unspecified atom stereocenters. The van der Waals surface area contributed by atoms with Gasteiger partial charge in [0.15, 0.2) is 11.5 Å². The smallest absolute Gasteiger partial charge is 0.254 e. The number of benzene rings is 2. The lowest BCUT2D eigenvalue weighted by molar-refractivity contribution is 0.0735. The minimum absolute atomic E-state index is 0.0528. The van der Waals surface area contributed by atoms with Crippen molar-refractivity contribution in [1.29, 1.82) is 0 Å². The average Bonchev–Trinajstić information content (AvgIpc) is 2.92. The standard InChI is InChI=1S/C18H16N2O2/c1-12-19-16-10-14(6-7-17(16)22-12)18(21)20-9-8-13-4-2-3-5-15(13)11-20/h2-7,10H,8-9,11H2,1H3. The molecule has 0 saturated carbocycles. The van der Waals surface area contributed by atoms with Crippen LogP contribution < -0.4 is 0 Å². The molecule has 0 fully saturated rings. The fraction of sp³-hybridized carbons (Fsp3) is 0.222. The molecule has 0 bridgehead atoms. The second-order valence-corrected chi connectivity index (χ2v) is 5.66. The van der Waals surface area contributed by atoms with Crippen molar-refractivity contribution in [3.63, 3.8) is 0 Å². The number of aryl methyl sites for hydroxylation is 1. The van der Waals surface area contributed by atoms with Gasteiger partial charge in [0.05, 0.1) is 0 Å². The largest absolute Gasteiger partial charge is 0.441 e. The van der Waals surface area contributed by atoms with Gasteiger partial charge in [-0.2, -0.15) is 0 Å². The van der Waals surface area contributed by atoms with Crippen molar-refractivity contribution in [3.05, 3.63) is 65.0 Å². The Bertz CT molecular complexity index is 866. The molecule has 2 aromatic carbocycles. The van der Waals surface area contributed by atoms with Crippen LogP contribution in [-0.4, -0.2) is 22.3 Å². The van der Waals surface area contributed by atoms with E-state index in [1.807, 2.05) is 36.1 Å². The zero-order valence-corrected chi connectivity index (χ0v) is 12.4. The Hall–Kier alpha value is -2.62. The summed E-state index contributed by atoms with van der Waals surface area (Å²) in [6, 6.07) is 13.8. The zero-order chi connectivity index (χ0) is 15.1. The lowest BCUT2D eigenvalue weighted by atomic mass is 9.99. The predicted octanol–water partition coefficient (Wildman–Crippen LogP) is 3.33. The van der Waals surface area contributed by atoms with Crippen molar-refractivity contribution in [2.24, 2.45) is 0 Å². The van der Waals surface area contributed by atoms with Crippen LogP contribution >= 0.6 is 0 Å². The Morgan fingerprint density at radius 1 is 1.18 bits per heavy atom. The van der Waals surface area contributed by atoms with Crippen LogP contribution in [0.5, 0.6) is 0 Å². The highest BCUT2D eigenvalue weighted by Gasteiger charge is 2.22. The van der Waals surface area contributed by atoms with E-state index in [-0.39, 0.29) is 5.91 Å². The third-order valence-corrected chi connectivity index (χ3v) is 4.16. The van der Waals surface area contributed by atoms with E-state index in [1.54, 1.807) is 0 Å². The molecule has 0 aliphatic carbocycles. The van der Waals surface area contributed by atoms with Crippen molar-refractivity contribution in [1.82, 2.24) is 9.88 Å². The molecule has 1 aliphatic heterocycles. The Morgan fingerprint density at radius 2 is 2.00 bits per heavy atom. The summed E-state index contributed by atoms with van der Waals surface area (Å²) in [5, 5.41) is 0. The van der Waals surface area contributed by atoms with Gasteiger partial charge in [0.25, 0.3) is 5.91 Å². The molecule has 0 spiro atoms. The number of carbonyl (C=O) groups excluding carboxylic acids is 1. The molecule has 22 heavy (non-hydrogen) atoms. The molecule has 0 atom stereocenters. The van der Waals surface area contributed by atoms with Gasteiger partial charge in [-0.1, -0.05) is 24.3 Å². The second-order valence-electron chi connectivity index (χ2n) is 5.66. The van der Waals surface area contributed by atoms with Crippen molar-refractivity contribution in [2.75, 3.05) is 6.54 Å². The van der Waals surface area contributed by atoms with E-state index in [0.29, 0.717) is 18.0 Å². The van der Waals surface area contributed by atoms with Crippen LogP contribution in [0.25, 0.3) is 11.1 Å². The van der Waals surface area contributed by atoms with Gasteiger partial charge in [0, 0.05) is 25.6 Å². The van der Waals surface area contributed by atoms with E-state index in [0.717, 1.165) is 24.1 Å². The molecule has 2 heterocycles. The number of rotatable bonds is 1. The molecule has 0 saturated heterocycles. The van der Waals surface area contributed by atoms with Crippen LogP contribution in [0.3, 0.4) is 0 Å². The molecular formula is C18H16N2O2. The minimum Gasteiger partial charge on any atom is -0.441 e. The molecule has 0 N–H and O–H groups in total. The van der Waals surface area contributed by atoms with E-state index in [4.69, 9.17) is 4.42 Å². The maximum Gasteiger partial charge on any atom is 0.254 e. The molecule has 110 valence electrons. The quantitative estimate of drug-likeness (QED) is 0.691. The van der Waals surface area contributed by atoms with Gasteiger partial charge < -0.3 is 9.32 Å². The van der Waals surface area contributed by atoms with Gasteiger partial charge in [-0.25, -0.2) is 4.98 Å². The molecule has 0 radical (unpaired) electrons. The molecule has 1 amide bonds. The van der Waals surface area contributed by atoms with Gasteiger partial charge >= 0.3 is 0 Å². The Kier molecular flexibility index (Phi) is 2.96. The highest BCUT2D eigenvalue weighted by atomic mass is 16.3. The fourth-order valence-electron chi connectivity index (χ4n) is 3.03. The molecule has 4 nitrogen and oxygen atoms in total. The summed E-state index contributed by atoms with van der Waals surface area (Å²) in [5.41, 5.74) is 4.70. The summed E-state index contributed by atoms with van der Waals surface area (Å²) in [4.78, 5) is 18.9. The van der Waals surface area contributed by atoms with Gasteiger partial charge in [0.1, 0.15) is 5.52 Å². The number of amides is 1. The SMILES string of the molecule is Cc1nc2cc(C(=O)N3CCc4ccccc4C3)ccc2o1. The molecule has 1 aromatic heterocycles. The maximum atomic E-state index is 12.7. The third-order valence-electron chi connectivity index (χ3n) is 4.16. The van der Waals surface area contributed by atoms with Crippen LogP contribution in [-0.2, 0) is 13.0 Å². The first kappa shape index (κ1) is 13.1. The van der Waals surface area contributed by atoms with Crippen LogP contribution in [0.2, 0.25) is 0 Å². The Labute approximate surface area is 128 Å². The van der Waals surface area contributed by atoms with Crippen LogP contribution in [0.4, 0.5) is 0 Å². The fourth-order valence-corrected chi connectivity index (χ4v) is 3.03. The number of nitrogens with zero attached hydrogens (tertiary/aromatic N) is 2. The summed E-state index contributed by atoms with van der Waals surface area (Å²) in [6.45, 7) is 3.24. The van der Waals surface area contributed by atoms with Crippen molar-refractivity contribution in [2.45, 2.75) is 19.9 Å². The monoisotopic (exact) mass is 292 g/mol. The van der Waals surface area contributed by atoms with E-state index >= 15 is 0 Å². The summed E-state index contributed by atoms with van der Waals surface area (Å²) in [6.07, 6.45) is 0.910. The van der Waals surface area contributed by atoms with Gasteiger partial charge in [-0.05, 0) is 35.7 Å². The first-order chi connectivity index (χ1) is 10.7. The molecule has 4 rings (SSSR count). The molecule has 3 aromatic rings. The first-order valence-corrected chi connectivity index (χ1v) is 7.44. The topological polar surface area (TPSA) is 46.3 Å². The average molecular weight is 292 g/mol. The highest BCUT2D eigenvalue weighted by molar-refractivity contribution is 5.97. The highest BCUT2D eigenvalue weighted by Crippen LogP contribution is 2.22. The van der Waals surface area contributed by atoms with E-state index < -0.39 is 0 Å². The number of carbonyl (C=O) groups is 1. The maximum absolute atomic E-state index is 12.7. The zero-order valence-electron chi connectivity index (χ0n) is 12.4. The van der Waals surface area contributed by atoms with Gasteiger partial charge in [0.2, 0.25) is 0 Å². The van der Waals surface area contributed by atoms with Gasteiger partial charge in [-0.15, -0.1) is 0 Å². The third kappa shape index (κ3) is 2.17. The van der Waals surface area contributed by atoms with Crippen LogP contribution in [0, 0.1) is 6.92 Å². The number of hydrogen-bond acceptors (Lipinski definition) is 3. The summed E-state index contributed by atoms with van der Waals surface area (Å²) >= 11 is 0.